The summed E-state index contributed by atoms with van der Waals surface area (Å²) in [7, 11) is 0. The van der Waals surface area contributed by atoms with Gasteiger partial charge < -0.3 is 10.4 Å². The number of rotatable bonds is 3. The van der Waals surface area contributed by atoms with Crippen LogP contribution in [0.4, 0.5) is 5.69 Å². The molecule has 0 atom stereocenters. The topological polar surface area (TPSA) is 32.3 Å². The van der Waals surface area contributed by atoms with Gasteiger partial charge in [-0.2, -0.15) is 0 Å². The van der Waals surface area contributed by atoms with Crippen molar-refractivity contribution in [2.45, 2.75) is 31.3 Å². The molecule has 2 nitrogen and oxygen atoms in total. The molecule has 1 saturated carbocycles. The van der Waals surface area contributed by atoms with Crippen molar-refractivity contribution in [3.8, 4) is 0 Å². The quantitative estimate of drug-likeness (QED) is 0.840. The van der Waals surface area contributed by atoms with Gasteiger partial charge in [-0.25, -0.2) is 0 Å². The van der Waals surface area contributed by atoms with E-state index in [1.54, 1.807) is 0 Å². The lowest BCUT2D eigenvalue weighted by atomic mass is 10.0. The highest BCUT2D eigenvalue weighted by atomic mass is 127. The number of hydrogen-bond acceptors (Lipinski definition) is 2. The summed E-state index contributed by atoms with van der Waals surface area (Å²) in [6.07, 6.45) is 4.18. The fraction of sp³-hybridized carbons (Fsp3) is 0.500. The van der Waals surface area contributed by atoms with Crippen molar-refractivity contribution in [3.05, 3.63) is 27.8 Å². The van der Waals surface area contributed by atoms with Gasteiger partial charge in [-0.1, -0.05) is 12.8 Å². The Kier molecular flexibility index (Phi) is 3.51. The Balaban J connectivity index is 1.90. The van der Waals surface area contributed by atoms with E-state index in [1.165, 1.54) is 3.57 Å². The third-order valence-electron chi connectivity index (χ3n) is 3.00. The molecule has 0 aromatic heterocycles. The summed E-state index contributed by atoms with van der Waals surface area (Å²) in [4.78, 5) is 0. The summed E-state index contributed by atoms with van der Waals surface area (Å²) < 4.78 is 1.23. The van der Waals surface area contributed by atoms with E-state index in [1.807, 2.05) is 0 Å². The summed E-state index contributed by atoms with van der Waals surface area (Å²) in [6.45, 7) is 0.674. The van der Waals surface area contributed by atoms with Gasteiger partial charge in [0.2, 0.25) is 0 Å². The van der Waals surface area contributed by atoms with E-state index in [0.29, 0.717) is 6.54 Å². The van der Waals surface area contributed by atoms with Gasteiger partial charge in [0.15, 0.2) is 0 Å². The molecule has 2 N–H and O–H groups in total. The summed E-state index contributed by atoms with van der Waals surface area (Å²) in [5.74, 6) is 0. The predicted octanol–water partition coefficient (Wildman–Crippen LogP) is 3.01. The third kappa shape index (κ3) is 3.08. The Labute approximate surface area is 104 Å². The fourth-order valence-electron chi connectivity index (χ4n) is 2.04. The normalized spacial score (nSPS) is 19.1. The van der Waals surface area contributed by atoms with Crippen LogP contribution in [0.1, 0.15) is 25.7 Å². The molecular weight excluding hydrogens is 301 g/mol. The van der Waals surface area contributed by atoms with Crippen LogP contribution >= 0.6 is 22.6 Å². The smallest absolute Gasteiger partial charge is 0.0819 e. The molecule has 0 heterocycles. The SMILES string of the molecule is OC1(CNc2ccc(I)cc2)CCCC1. The average Bonchev–Trinajstić information content (AvgIpc) is 2.65. The van der Waals surface area contributed by atoms with E-state index in [4.69, 9.17) is 0 Å². The highest BCUT2D eigenvalue weighted by Gasteiger charge is 2.30. The lowest BCUT2D eigenvalue weighted by molar-refractivity contribution is 0.0615. The van der Waals surface area contributed by atoms with Crippen LogP contribution in [0.3, 0.4) is 0 Å². The molecule has 1 fully saturated rings. The zero-order valence-electron chi connectivity index (χ0n) is 8.67. The van der Waals surface area contributed by atoms with Gasteiger partial charge in [-0.05, 0) is 59.7 Å². The van der Waals surface area contributed by atoms with Gasteiger partial charge in [-0.3, -0.25) is 0 Å². The molecule has 0 spiro atoms. The lowest BCUT2D eigenvalue weighted by Crippen LogP contribution is -2.33. The number of hydrogen-bond donors (Lipinski definition) is 2. The summed E-state index contributed by atoms with van der Waals surface area (Å²) >= 11 is 2.29. The van der Waals surface area contributed by atoms with Gasteiger partial charge in [0.1, 0.15) is 0 Å². The standard InChI is InChI=1S/C12H16INO/c13-10-3-5-11(6-4-10)14-9-12(15)7-1-2-8-12/h3-6,14-15H,1-2,7-9H2. The van der Waals surface area contributed by atoms with Crippen LogP contribution in [0.5, 0.6) is 0 Å². The Morgan fingerprint density at radius 2 is 1.80 bits per heavy atom. The van der Waals surface area contributed by atoms with E-state index in [-0.39, 0.29) is 0 Å². The maximum absolute atomic E-state index is 10.1. The first-order valence-corrected chi connectivity index (χ1v) is 6.48. The second kappa shape index (κ2) is 4.70. The zero-order chi connectivity index (χ0) is 10.7. The molecule has 0 amide bonds. The predicted molar refractivity (Wildman–Crippen MR) is 71.1 cm³/mol. The minimum atomic E-state index is -0.469. The zero-order valence-corrected chi connectivity index (χ0v) is 10.8. The van der Waals surface area contributed by atoms with Crippen LogP contribution in [0.15, 0.2) is 24.3 Å². The second-order valence-corrected chi connectivity index (χ2v) is 5.54. The van der Waals surface area contributed by atoms with Crippen LogP contribution in [0.2, 0.25) is 0 Å². The van der Waals surface area contributed by atoms with Crippen LogP contribution in [-0.2, 0) is 0 Å². The fourth-order valence-corrected chi connectivity index (χ4v) is 2.40. The van der Waals surface area contributed by atoms with Gasteiger partial charge in [0, 0.05) is 15.8 Å². The van der Waals surface area contributed by atoms with Gasteiger partial charge >= 0.3 is 0 Å². The van der Waals surface area contributed by atoms with E-state index in [2.05, 4.69) is 52.2 Å². The molecule has 0 aliphatic heterocycles. The molecule has 1 aromatic carbocycles. The van der Waals surface area contributed by atoms with Gasteiger partial charge in [0.05, 0.1) is 5.60 Å². The maximum Gasteiger partial charge on any atom is 0.0819 e. The average molecular weight is 317 g/mol. The Bertz CT molecular complexity index is 317. The van der Waals surface area contributed by atoms with Crippen LogP contribution in [0.25, 0.3) is 0 Å². The summed E-state index contributed by atoms with van der Waals surface area (Å²) in [5, 5.41) is 13.4. The third-order valence-corrected chi connectivity index (χ3v) is 3.72. The van der Waals surface area contributed by atoms with Crippen LogP contribution < -0.4 is 5.32 Å². The second-order valence-electron chi connectivity index (χ2n) is 4.29. The molecule has 1 aliphatic rings. The molecule has 0 radical (unpaired) electrons. The molecule has 2 rings (SSSR count). The molecule has 15 heavy (non-hydrogen) atoms. The lowest BCUT2D eigenvalue weighted by Gasteiger charge is -2.23. The highest BCUT2D eigenvalue weighted by Crippen LogP contribution is 2.29. The maximum atomic E-state index is 10.1. The van der Waals surface area contributed by atoms with Crippen molar-refractivity contribution in [3.63, 3.8) is 0 Å². The molecule has 0 unspecified atom stereocenters. The highest BCUT2D eigenvalue weighted by molar-refractivity contribution is 14.1. The van der Waals surface area contributed by atoms with E-state index in [0.717, 1.165) is 31.4 Å². The Hall–Kier alpha value is -0.290. The number of aliphatic hydroxyl groups is 1. The van der Waals surface area contributed by atoms with Crippen LogP contribution in [-0.4, -0.2) is 17.3 Å². The van der Waals surface area contributed by atoms with Crippen LogP contribution in [0, 0.1) is 3.57 Å². The van der Waals surface area contributed by atoms with Crippen molar-refractivity contribution in [2.75, 3.05) is 11.9 Å². The van der Waals surface area contributed by atoms with E-state index in [9.17, 15) is 5.11 Å². The minimum absolute atomic E-state index is 0.469. The van der Waals surface area contributed by atoms with Crippen molar-refractivity contribution in [1.29, 1.82) is 0 Å². The van der Waals surface area contributed by atoms with Crippen molar-refractivity contribution in [2.24, 2.45) is 0 Å². The molecule has 0 saturated heterocycles. The Morgan fingerprint density at radius 1 is 1.20 bits per heavy atom. The first kappa shape index (κ1) is 11.2. The molecule has 1 aliphatic carbocycles. The number of halogens is 1. The summed E-state index contributed by atoms with van der Waals surface area (Å²) in [5.41, 5.74) is 0.624. The largest absolute Gasteiger partial charge is 0.388 e. The first-order chi connectivity index (χ1) is 7.18. The minimum Gasteiger partial charge on any atom is -0.388 e. The number of benzene rings is 1. The molecule has 1 aromatic rings. The van der Waals surface area contributed by atoms with E-state index < -0.39 is 5.60 Å². The first-order valence-electron chi connectivity index (χ1n) is 5.40. The molecule has 0 bridgehead atoms. The molecule has 3 heteroatoms. The van der Waals surface area contributed by atoms with Gasteiger partial charge in [0.25, 0.3) is 0 Å². The number of nitrogens with one attached hydrogen (secondary N) is 1. The number of anilines is 1. The Morgan fingerprint density at radius 3 is 2.40 bits per heavy atom. The van der Waals surface area contributed by atoms with Gasteiger partial charge in [-0.15, -0.1) is 0 Å². The van der Waals surface area contributed by atoms with Crippen molar-refractivity contribution < 1.29 is 5.11 Å². The summed E-state index contributed by atoms with van der Waals surface area (Å²) in [6, 6.07) is 8.25. The molecular formula is C12H16INO. The van der Waals surface area contributed by atoms with Crippen molar-refractivity contribution >= 4 is 28.3 Å². The molecule has 82 valence electrons. The van der Waals surface area contributed by atoms with Crippen molar-refractivity contribution in [1.82, 2.24) is 0 Å². The monoisotopic (exact) mass is 317 g/mol. The van der Waals surface area contributed by atoms with E-state index >= 15 is 0 Å².